The number of rotatable bonds is 7. The van der Waals surface area contributed by atoms with Crippen molar-refractivity contribution in [2.75, 3.05) is 7.11 Å². The number of fused-ring (bicyclic) bond motifs is 1. The monoisotopic (exact) mass is 514 g/mol. The first-order chi connectivity index (χ1) is 16.9. The molecule has 0 radical (unpaired) electrons. The van der Waals surface area contributed by atoms with Gasteiger partial charge in [-0.3, -0.25) is 0 Å². The molecule has 0 spiro atoms. The van der Waals surface area contributed by atoms with E-state index in [0.29, 0.717) is 11.5 Å². The SMILES string of the molecule is C=C(OC)c1ccc(Cc2cc3nc(C(F)(F)F)ccc3n2S(=O)(=O)c2ccc(C(C)C)cc2)cc1. The Balaban J connectivity index is 1.86. The molecular weight excluding hydrogens is 489 g/mol. The molecule has 0 atom stereocenters. The number of pyridine rings is 1. The van der Waals surface area contributed by atoms with Gasteiger partial charge in [-0.05, 0) is 47.4 Å². The van der Waals surface area contributed by atoms with Crippen molar-refractivity contribution in [1.82, 2.24) is 8.96 Å². The zero-order chi connectivity index (χ0) is 26.3. The van der Waals surface area contributed by atoms with Crippen molar-refractivity contribution < 1.29 is 26.3 Å². The molecule has 0 aliphatic carbocycles. The predicted molar refractivity (Wildman–Crippen MR) is 133 cm³/mol. The van der Waals surface area contributed by atoms with Crippen molar-refractivity contribution in [2.45, 2.75) is 37.3 Å². The predicted octanol–water partition coefficient (Wildman–Crippen LogP) is 6.62. The first-order valence-electron chi connectivity index (χ1n) is 11.2. The Morgan fingerprint density at radius 2 is 1.67 bits per heavy atom. The Hall–Kier alpha value is -3.59. The number of halogens is 3. The molecule has 36 heavy (non-hydrogen) atoms. The van der Waals surface area contributed by atoms with E-state index in [-0.39, 0.29) is 28.3 Å². The molecule has 0 aliphatic heterocycles. The van der Waals surface area contributed by atoms with E-state index in [1.54, 1.807) is 36.4 Å². The van der Waals surface area contributed by atoms with E-state index < -0.39 is 21.9 Å². The van der Waals surface area contributed by atoms with Crippen molar-refractivity contribution in [3.8, 4) is 0 Å². The molecule has 2 heterocycles. The fourth-order valence-electron chi connectivity index (χ4n) is 3.95. The van der Waals surface area contributed by atoms with Gasteiger partial charge in [0.1, 0.15) is 11.5 Å². The molecular formula is C27H25F3N2O3S. The summed E-state index contributed by atoms with van der Waals surface area (Å²) in [6.45, 7) is 7.80. The average Bonchev–Trinajstić information content (AvgIpc) is 3.21. The molecule has 0 aliphatic rings. The number of ether oxygens (including phenoxy) is 1. The molecule has 0 bridgehead atoms. The lowest BCUT2D eigenvalue weighted by Gasteiger charge is -2.14. The van der Waals surface area contributed by atoms with Gasteiger partial charge in [0.25, 0.3) is 10.0 Å². The molecule has 5 nitrogen and oxygen atoms in total. The summed E-state index contributed by atoms with van der Waals surface area (Å²) in [4.78, 5) is 3.76. The first kappa shape index (κ1) is 25.5. The maximum Gasteiger partial charge on any atom is 0.433 e. The minimum atomic E-state index is -4.65. The summed E-state index contributed by atoms with van der Waals surface area (Å²) in [5, 5.41) is 0. The maximum atomic E-state index is 13.8. The fourth-order valence-corrected chi connectivity index (χ4v) is 5.48. The van der Waals surface area contributed by atoms with Crippen molar-refractivity contribution >= 4 is 26.8 Å². The summed E-state index contributed by atoms with van der Waals surface area (Å²) in [6, 6.07) is 17.0. The molecule has 0 saturated carbocycles. The topological polar surface area (TPSA) is 61.2 Å². The van der Waals surface area contributed by atoms with Gasteiger partial charge in [-0.15, -0.1) is 0 Å². The molecule has 0 fully saturated rings. The number of alkyl halides is 3. The fraction of sp³-hybridized carbons (Fsp3) is 0.222. The van der Waals surface area contributed by atoms with Gasteiger partial charge in [0, 0.05) is 17.7 Å². The second kappa shape index (κ2) is 9.46. The molecule has 0 saturated heterocycles. The summed E-state index contributed by atoms with van der Waals surface area (Å²) in [7, 11) is -2.62. The summed E-state index contributed by atoms with van der Waals surface area (Å²) >= 11 is 0. The van der Waals surface area contributed by atoms with Crippen LogP contribution in [-0.4, -0.2) is 24.5 Å². The highest BCUT2D eigenvalue weighted by Crippen LogP contribution is 2.32. The van der Waals surface area contributed by atoms with Crippen LogP contribution in [0.4, 0.5) is 13.2 Å². The normalized spacial score (nSPS) is 12.3. The van der Waals surface area contributed by atoms with E-state index in [9.17, 15) is 21.6 Å². The number of benzene rings is 2. The van der Waals surface area contributed by atoms with Gasteiger partial charge in [0.05, 0.1) is 23.0 Å². The van der Waals surface area contributed by atoms with E-state index in [1.807, 2.05) is 13.8 Å². The third kappa shape index (κ3) is 4.88. The highest BCUT2D eigenvalue weighted by molar-refractivity contribution is 7.90. The number of methoxy groups -OCH3 is 1. The van der Waals surface area contributed by atoms with Gasteiger partial charge in [-0.25, -0.2) is 17.4 Å². The van der Waals surface area contributed by atoms with Crippen molar-refractivity contribution in [3.63, 3.8) is 0 Å². The van der Waals surface area contributed by atoms with E-state index in [2.05, 4.69) is 11.6 Å². The van der Waals surface area contributed by atoms with E-state index >= 15 is 0 Å². The van der Waals surface area contributed by atoms with Crippen molar-refractivity contribution in [3.05, 3.63) is 101 Å². The molecule has 4 rings (SSSR count). The van der Waals surface area contributed by atoms with Crippen molar-refractivity contribution in [2.24, 2.45) is 0 Å². The summed E-state index contributed by atoms with van der Waals surface area (Å²) in [5.74, 6) is 0.693. The molecule has 9 heteroatoms. The Kier molecular flexibility index (Phi) is 6.70. The van der Waals surface area contributed by atoms with Crippen LogP contribution in [-0.2, 0) is 27.4 Å². The Bertz CT molecular complexity index is 1520. The van der Waals surface area contributed by atoms with Crippen LogP contribution in [0.25, 0.3) is 16.8 Å². The van der Waals surface area contributed by atoms with Crippen LogP contribution in [0, 0.1) is 0 Å². The Morgan fingerprint density at radius 3 is 2.22 bits per heavy atom. The van der Waals surface area contributed by atoms with Gasteiger partial charge in [-0.1, -0.05) is 56.8 Å². The molecule has 0 amide bonds. The molecule has 2 aromatic heterocycles. The largest absolute Gasteiger partial charge is 0.497 e. The number of hydrogen-bond donors (Lipinski definition) is 0. The molecule has 188 valence electrons. The van der Waals surface area contributed by atoms with Crippen LogP contribution in [0.5, 0.6) is 0 Å². The summed E-state index contributed by atoms with van der Waals surface area (Å²) in [5.41, 5.74) is 1.73. The van der Waals surface area contributed by atoms with Crippen LogP contribution < -0.4 is 0 Å². The van der Waals surface area contributed by atoms with Crippen LogP contribution >= 0.6 is 0 Å². The van der Waals surface area contributed by atoms with Gasteiger partial charge >= 0.3 is 6.18 Å². The lowest BCUT2D eigenvalue weighted by molar-refractivity contribution is -0.140. The van der Waals surface area contributed by atoms with E-state index in [4.69, 9.17) is 4.74 Å². The number of aromatic nitrogens is 2. The minimum absolute atomic E-state index is 0.0392. The lowest BCUT2D eigenvalue weighted by atomic mass is 10.0. The van der Waals surface area contributed by atoms with Gasteiger partial charge < -0.3 is 4.74 Å². The van der Waals surface area contributed by atoms with Gasteiger partial charge in [0.15, 0.2) is 0 Å². The minimum Gasteiger partial charge on any atom is -0.497 e. The van der Waals surface area contributed by atoms with Crippen LogP contribution in [0.1, 0.15) is 47.8 Å². The Morgan fingerprint density at radius 1 is 1.03 bits per heavy atom. The smallest absolute Gasteiger partial charge is 0.433 e. The number of nitrogens with zero attached hydrogens (tertiary/aromatic N) is 2. The molecule has 2 aromatic carbocycles. The molecule has 0 N–H and O–H groups in total. The average molecular weight is 515 g/mol. The highest BCUT2D eigenvalue weighted by Gasteiger charge is 2.33. The summed E-state index contributed by atoms with van der Waals surface area (Å²) < 4.78 is 73.6. The quantitative estimate of drug-likeness (QED) is 0.260. The maximum absolute atomic E-state index is 13.8. The standard InChI is InChI=1S/C27H25F3N2O3S/c1-17(2)20-9-11-23(12-10-20)36(33,34)32-22(15-19-5-7-21(8-6-19)18(3)35-4)16-24-25(32)13-14-26(31-24)27(28,29)30/h5-14,16-17H,3,15H2,1-2,4H3. The second-order valence-electron chi connectivity index (χ2n) is 8.73. The Labute approximate surface area is 207 Å². The number of hydrogen-bond acceptors (Lipinski definition) is 4. The molecule has 0 unspecified atom stereocenters. The third-order valence-corrected chi connectivity index (χ3v) is 7.75. The zero-order valence-corrected chi connectivity index (χ0v) is 20.8. The highest BCUT2D eigenvalue weighted by atomic mass is 32.2. The van der Waals surface area contributed by atoms with Gasteiger partial charge in [-0.2, -0.15) is 13.2 Å². The third-order valence-electron chi connectivity index (χ3n) is 5.97. The summed E-state index contributed by atoms with van der Waals surface area (Å²) in [6.07, 6.45) is -4.50. The van der Waals surface area contributed by atoms with Crippen LogP contribution in [0.2, 0.25) is 0 Å². The van der Waals surface area contributed by atoms with Gasteiger partial charge in [0.2, 0.25) is 0 Å². The van der Waals surface area contributed by atoms with E-state index in [0.717, 1.165) is 32.8 Å². The van der Waals surface area contributed by atoms with Crippen molar-refractivity contribution in [1.29, 1.82) is 0 Å². The lowest BCUT2D eigenvalue weighted by Crippen LogP contribution is -2.16. The molecule has 4 aromatic rings. The first-order valence-corrected chi connectivity index (χ1v) is 12.6. The second-order valence-corrected chi connectivity index (χ2v) is 10.5. The zero-order valence-electron chi connectivity index (χ0n) is 20.0. The van der Waals surface area contributed by atoms with Crippen LogP contribution in [0.3, 0.4) is 0 Å². The van der Waals surface area contributed by atoms with E-state index in [1.165, 1.54) is 25.3 Å². The van der Waals surface area contributed by atoms with Crippen LogP contribution in [0.15, 0.2) is 78.2 Å².